The predicted octanol–water partition coefficient (Wildman–Crippen LogP) is 2.87. The number of ether oxygens (including phenoxy) is 1. The van der Waals surface area contributed by atoms with Crippen molar-refractivity contribution in [3.05, 3.63) is 29.8 Å². The highest BCUT2D eigenvalue weighted by Crippen LogP contribution is 2.19. The van der Waals surface area contributed by atoms with Crippen molar-refractivity contribution in [2.45, 2.75) is 44.2 Å². The molecule has 20 heavy (non-hydrogen) atoms. The molecule has 0 aromatic heterocycles. The number of benzene rings is 1. The van der Waals surface area contributed by atoms with Gasteiger partial charge in [-0.05, 0) is 46.1 Å². The Morgan fingerprint density at radius 2 is 1.85 bits per heavy atom. The highest BCUT2D eigenvalue weighted by Gasteiger charge is 2.23. The van der Waals surface area contributed by atoms with Crippen LogP contribution in [0.1, 0.15) is 38.1 Å². The molecule has 1 rings (SSSR count). The van der Waals surface area contributed by atoms with Crippen molar-refractivity contribution < 1.29 is 14.3 Å². The van der Waals surface area contributed by atoms with Crippen LogP contribution >= 0.6 is 11.8 Å². The van der Waals surface area contributed by atoms with Gasteiger partial charge in [0, 0.05) is 4.90 Å². The number of thioether (sulfide) groups is 1. The number of carbonyl (C=O) groups is 2. The summed E-state index contributed by atoms with van der Waals surface area (Å²) in [7, 11) is 0. The van der Waals surface area contributed by atoms with E-state index in [-0.39, 0.29) is 5.91 Å². The van der Waals surface area contributed by atoms with E-state index < -0.39 is 17.6 Å². The minimum absolute atomic E-state index is 0.270. The summed E-state index contributed by atoms with van der Waals surface area (Å²) >= 11 is 1.49. The second kappa shape index (κ2) is 6.79. The lowest BCUT2D eigenvalue weighted by molar-refractivity contribution is -0.156. The SMILES string of the molecule is CSc1ccccc1C(=O)N[C@H](C)C(=O)OC(C)(C)C. The molecule has 1 amide bonds. The molecule has 1 aromatic rings. The lowest BCUT2D eigenvalue weighted by Crippen LogP contribution is -2.42. The first-order valence-corrected chi connectivity index (χ1v) is 7.64. The second-order valence-electron chi connectivity index (χ2n) is 5.43. The third-order valence-corrected chi connectivity index (χ3v) is 3.26. The first-order chi connectivity index (χ1) is 9.24. The van der Waals surface area contributed by atoms with E-state index >= 15 is 0 Å². The van der Waals surface area contributed by atoms with Gasteiger partial charge in [0.05, 0.1) is 5.56 Å². The minimum atomic E-state index is -0.684. The topological polar surface area (TPSA) is 55.4 Å². The van der Waals surface area contributed by atoms with Crippen LogP contribution in [0.25, 0.3) is 0 Å². The summed E-state index contributed by atoms with van der Waals surface area (Å²) < 4.78 is 5.23. The molecule has 0 spiro atoms. The van der Waals surface area contributed by atoms with Crippen LogP contribution in [0, 0.1) is 0 Å². The molecule has 0 heterocycles. The fraction of sp³-hybridized carbons (Fsp3) is 0.467. The first kappa shape index (κ1) is 16.6. The number of nitrogens with one attached hydrogen (secondary N) is 1. The zero-order valence-electron chi connectivity index (χ0n) is 12.5. The Morgan fingerprint density at radius 1 is 1.25 bits per heavy atom. The summed E-state index contributed by atoms with van der Waals surface area (Å²) in [4.78, 5) is 24.9. The molecule has 0 bridgehead atoms. The van der Waals surface area contributed by atoms with Crippen molar-refractivity contribution in [1.29, 1.82) is 0 Å². The average molecular weight is 295 g/mol. The molecule has 5 heteroatoms. The van der Waals surface area contributed by atoms with E-state index in [2.05, 4.69) is 5.32 Å². The van der Waals surface area contributed by atoms with Crippen LogP contribution in [0.4, 0.5) is 0 Å². The van der Waals surface area contributed by atoms with Crippen LogP contribution in [0.3, 0.4) is 0 Å². The van der Waals surface area contributed by atoms with Gasteiger partial charge >= 0.3 is 5.97 Å². The van der Waals surface area contributed by atoms with Crippen LogP contribution in [0.15, 0.2) is 29.2 Å². The molecular formula is C15H21NO3S. The lowest BCUT2D eigenvalue weighted by Gasteiger charge is -2.22. The Kier molecular flexibility index (Phi) is 5.62. The molecule has 0 aliphatic rings. The third-order valence-electron chi connectivity index (χ3n) is 2.46. The Labute approximate surface area is 124 Å². The molecule has 0 saturated carbocycles. The van der Waals surface area contributed by atoms with Gasteiger partial charge in [0.1, 0.15) is 11.6 Å². The molecule has 0 saturated heterocycles. The Hall–Kier alpha value is -1.49. The predicted molar refractivity (Wildman–Crippen MR) is 81.0 cm³/mol. The number of carbonyl (C=O) groups excluding carboxylic acids is 2. The number of hydrogen-bond donors (Lipinski definition) is 1. The van der Waals surface area contributed by atoms with Gasteiger partial charge in [0.2, 0.25) is 0 Å². The van der Waals surface area contributed by atoms with Gasteiger partial charge in [0.25, 0.3) is 5.91 Å². The Morgan fingerprint density at radius 3 is 2.40 bits per heavy atom. The van der Waals surface area contributed by atoms with Crippen molar-refractivity contribution in [1.82, 2.24) is 5.32 Å². The fourth-order valence-corrected chi connectivity index (χ4v) is 2.15. The Bertz CT molecular complexity index is 494. The Balaban J connectivity index is 2.73. The van der Waals surface area contributed by atoms with Crippen LogP contribution in [0.5, 0.6) is 0 Å². The summed E-state index contributed by atoms with van der Waals surface area (Å²) in [5.41, 5.74) is 0.00294. The molecule has 0 aliphatic heterocycles. The maximum absolute atomic E-state index is 12.2. The van der Waals surface area contributed by atoms with Gasteiger partial charge in [-0.25, -0.2) is 4.79 Å². The molecular weight excluding hydrogens is 274 g/mol. The molecule has 4 nitrogen and oxygen atoms in total. The first-order valence-electron chi connectivity index (χ1n) is 6.41. The van der Waals surface area contributed by atoms with Crippen LogP contribution in [-0.4, -0.2) is 29.8 Å². The van der Waals surface area contributed by atoms with E-state index in [1.54, 1.807) is 39.8 Å². The standard InChI is InChI=1S/C15H21NO3S/c1-10(14(18)19-15(2,3)4)16-13(17)11-8-6-7-9-12(11)20-5/h6-10H,1-5H3,(H,16,17)/t10-/m1/s1. The average Bonchev–Trinajstić information content (AvgIpc) is 2.36. The van der Waals surface area contributed by atoms with Crippen LogP contribution < -0.4 is 5.32 Å². The van der Waals surface area contributed by atoms with E-state index in [1.165, 1.54) is 11.8 Å². The minimum Gasteiger partial charge on any atom is -0.458 e. The zero-order valence-corrected chi connectivity index (χ0v) is 13.3. The molecule has 1 atom stereocenters. The third kappa shape index (κ3) is 4.89. The maximum Gasteiger partial charge on any atom is 0.328 e. The highest BCUT2D eigenvalue weighted by atomic mass is 32.2. The zero-order chi connectivity index (χ0) is 15.3. The van der Waals surface area contributed by atoms with Crippen molar-refractivity contribution in [2.75, 3.05) is 6.26 Å². The monoisotopic (exact) mass is 295 g/mol. The normalized spacial score (nSPS) is 12.7. The van der Waals surface area contributed by atoms with E-state index in [0.29, 0.717) is 5.56 Å². The van der Waals surface area contributed by atoms with Gasteiger partial charge in [-0.1, -0.05) is 12.1 Å². The van der Waals surface area contributed by atoms with E-state index in [0.717, 1.165) is 4.90 Å². The van der Waals surface area contributed by atoms with Crippen molar-refractivity contribution in [2.24, 2.45) is 0 Å². The molecule has 0 aliphatic carbocycles. The van der Waals surface area contributed by atoms with Crippen LogP contribution in [0.2, 0.25) is 0 Å². The molecule has 0 radical (unpaired) electrons. The van der Waals surface area contributed by atoms with E-state index in [1.807, 2.05) is 18.4 Å². The van der Waals surface area contributed by atoms with Gasteiger partial charge in [0.15, 0.2) is 0 Å². The van der Waals surface area contributed by atoms with E-state index in [4.69, 9.17) is 4.74 Å². The highest BCUT2D eigenvalue weighted by molar-refractivity contribution is 7.98. The van der Waals surface area contributed by atoms with Gasteiger partial charge < -0.3 is 10.1 Å². The quantitative estimate of drug-likeness (QED) is 0.685. The molecule has 1 aromatic carbocycles. The molecule has 0 unspecified atom stereocenters. The number of hydrogen-bond acceptors (Lipinski definition) is 4. The fourth-order valence-electron chi connectivity index (χ4n) is 1.56. The second-order valence-corrected chi connectivity index (χ2v) is 6.28. The van der Waals surface area contributed by atoms with Gasteiger partial charge in [-0.15, -0.1) is 11.8 Å². The van der Waals surface area contributed by atoms with E-state index in [9.17, 15) is 9.59 Å². The van der Waals surface area contributed by atoms with Crippen molar-refractivity contribution in [3.63, 3.8) is 0 Å². The maximum atomic E-state index is 12.2. The largest absolute Gasteiger partial charge is 0.458 e. The number of rotatable bonds is 4. The summed E-state index contributed by atoms with van der Waals surface area (Å²) in [6.07, 6.45) is 1.91. The summed E-state index contributed by atoms with van der Waals surface area (Å²) in [6.45, 7) is 7.00. The number of esters is 1. The van der Waals surface area contributed by atoms with Gasteiger partial charge in [-0.3, -0.25) is 4.79 Å². The summed E-state index contributed by atoms with van der Waals surface area (Å²) in [6, 6.07) is 6.60. The molecule has 1 N–H and O–H groups in total. The lowest BCUT2D eigenvalue weighted by atomic mass is 10.2. The number of amides is 1. The van der Waals surface area contributed by atoms with Crippen molar-refractivity contribution >= 4 is 23.6 Å². The van der Waals surface area contributed by atoms with Crippen LogP contribution in [-0.2, 0) is 9.53 Å². The molecule has 110 valence electrons. The smallest absolute Gasteiger partial charge is 0.328 e. The molecule has 0 fully saturated rings. The summed E-state index contributed by atoms with van der Waals surface area (Å²) in [5.74, 6) is -0.708. The van der Waals surface area contributed by atoms with Gasteiger partial charge in [-0.2, -0.15) is 0 Å². The summed E-state index contributed by atoms with van der Waals surface area (Å²) in [5, 5.41) is 2.67. The van der Waals surface area contributed by atoms with Crippen molar-refractivity contribution in [3.8, 4) is 0 Å².